The van der Waals surface area contributed by atoms with Gasteiger partial charge in [-0.3, -0.25) is 0 Å². The van der Waals surface area contributed by atoms with Crippen LogP contribution in [0, 0.1) is 0 Å². The molecular formula is C24H21NO3. The minimum absolute atomic E-state index is 0.293. The van der Waals surface area contributed by atoms with Gasteiger partial charge < -0.3 is 14.6 Å². The van der Waals surface area contributed by atoms with E-state index in [-0.39, 0.29) is 0 Å². The van der Waals surface area contributed by atoms with Crippen molar-refractivity contribution in [1.29, 1.82) is 0 Å². The zero-order chi connectivity index (χ0) is 19.2. The average molecular weight is 371 g/mol. The topological polar surface area (TPSA) is 51.6 Å². The van der Waals surface area contributed by atoms with Crippen LogP contribution in [0.1, 0.15) is 23.1 Å². The molecule has 1 aromatic heterocycles. The van der Waals surface area contributed by atoms with Crippen LogP contribution >= 0.6 is 0 Å². The molecule has 0 radical (unpaired) electrons. The summed E-state index contributed by atoms with van der Waals surface area (Å²) in [5.74, 6) is 0.741. The number of pyridine rings is 1. The number of hydrogen-bond acceptors (Lipinski definition) is 4. The van der Waals surface area contributed by atoms with Gasteiger partial charge in [0.25, 0.3) is 0 Å². The summed E-state index contributed by atoms with van der Waals surface area (Å²) in [6.07, 6.45) is -0.951. The molecule has 3 aromatic carbocycles. The minimum atomic E-state index is -0.951. The van der Waals surface area contributed by atoms with Crippen LogP contribution < -0.4 is 4.74 Å². The third-order valence-corrected chi connectivity index (χ3v) is 4.43. The Hall–Kier alpha value is -3.21. The summed E-state index contributed by atoms with van der Waals surface area (Å²) in [6, 6.07) is 29.0. The predicted molar refractivity (Wildman–Crippen MR) is 109 cm³/mol. The van der Waals surface area contributed by atoms with Gasteiger partial charge in [-0.05, 0) is 29.8 Å². The van der Waals surface area contributed by atoms with E-state index < -0.39 is 6.29 Å². The lowest BCUT2D eigenvalue weighted by Crippen LogP contribution is -2.03. The van der Waals surface area contributed by atoms with E-state index in [0.717, 1.165) is 33.5 Å². The van der Waals surface area contributed by atoms with E-state index >= 15 is 0 Å². The van der Waals surface area contributed by atoms with Crippen molar-refractivity contribution < 1.29 is 14.6 Å². The molecule has 140 valence electrons. The molecule has 4 heteroatoms. The van der Waals surface area contributed by atoms with Crippen molar-refractivity contribution in [2.45, 2.75) is 19.5 Å². The van der Waals surface area contributed by atoms with Crippen LogP contribution in [0.3, 0.4) is 0 Å². The van der Waals surface area contributed by atoms with Crippen molar-refractivity contribution >= 4 is 10.9 Å². The Morgan fingerprint density at radius 3 is 2.50 bits per heavy atom. The third kappa shape index (κ3) is 4.55. The summed E-state index contributed by atoms with van der Waals surface area (Å²) in [6.45, 7) is 0.684. The molecule has 1 N–H and O–H groups in total. The van der Waals surface area contributed by atoms with Gasteiger partial charge in [0.05, 0.1) is 17.8 Å². The monoisotopic (exact) mass is 371 g/mol. The molecule has 0 saturated carbocycles. The van der Waals surface area contributed by atoms with Crippen LogP contribution in [0.5, 0.6) is 5.75 Å². The first-order valence-corrected chi connectivity index (χ1v) is 9.19. The normalized spacial score (nSPS) is 12.0. The van der Waals surface area contributed by atoms with Gasteiger partial charge in [0.15, 0.2) is 6.29 Å². The van der Waals surface area contributed by atoms with Crippen LogP contribution in [0.2, 0.25) is 0 Å². The molecule has 0 bridgehead atoms. The maximum atomic E-state index is 10.1. The van der Waals surface area contributed by atoms with E-state index in [9.17, 15) is 5.11 Å². The molecule has 4 nitrogen and oxygen atoms in total. The van der Waals surface area contributed by atoms with Crippen LogP contribution in [-0.4, -0.2) is 10.1 Å². The number of nitrogens with zero attached hydrogens (tertiary/aromatic N) is 1. The number of para-hydroxylation sites is 1. The van der Waals surface area contributed by atoms with E-state index in [1.165, 1.54) is 0 Å². The minimum Gasteiger partial charge on any atom is -0.487 e. The van der Waals surface area contributed by atoms with Gasteiger partial charge in [0, 0.05) is 10.9 Å². The summed E-state index contributed by atoms with van der Waals surface area (Å²) in [7, 11) is 0. The highest BCUT2D eigenvalue weighted by atomic mass is 16.6. The summed E-state index contributed by atoms with van der Waals surface area (Å²) in [5, 5.41) is 11.2. The summed E-state index contributed by atoms with van der Waals surface area (Å²) < 4.78 is 11.5. The molecule has 0 saturated heterocycles. The summed E-state index contributed by atoms with van der Waals surface area (Å²) >= 11 is 0. The van der Waals surface area contributed by atoms with E-state index in [0.29, 0.717) is 13.2 Å². The molecule has 0 aliphatic rings. The first-order valence-electron chi connectivity index (χ1n) is 9.19. The fourth-order valence-electron chi connectivity index (χ4n) is 2.96. The van der Waals surface area contributed by atoms with E-state index in [2.05, 4.69) is 11.1 Å². The van der Waals surface area contributed by atoms with Gasteiger partial charge in [-0.1, -0.05) is 66.7 Å². The molecule has 0 amide bonds. The van der Waals surface area contributed by atoms with Gasteiger partial charge in [-0.15, -0.1) is 0 Å². The van der Waals surface area contributed by atoms with Gasteiger partial charge in [0.2, 0.25) is 0 Å². The van der Waals surface area contributed by atoms with Crippen molar-refractivity contribution in [3.63, 3.8) is 0 Å². The van der Waals surface area contributed by atoms with Crippen molar-refractivity contribution in [2.24, 2.45) is 0 Å². The Balaban J connectivity index is 1.36. The zero-order valence-corrected chi connectivity index (χ0v) is 15.4. The number of benzene rings is 3. The zero-order valence-electron chi connectivity index (χ0n) is 15.4. The first kappa shape index (κ1) is 18.2. The highest BCUT2D eigenvalue weighted by Crippen LogP contribution is 2.20. The van der Waals surface area contributed by atoms with Crippen molar-refractivity contribution in [3.8, 4) is 5.75 Å². The highest BCUT2D eigenvalue weighted by molar-refractivity contribution is 5.78. The Labute approximate surface area is 164 Å². The van der Waals surface area contributed by atoms with E-state index in [4.69, 9.17) is 9.47 Å². The second-order valence-corrected chi connectivity index (χ2v) is 6.51. The number of ether oxygens (including phenoxy) is 2. The second-order valence-electron chi connectivity index (χ2n) is 6.51. The molecule has 1 atom stereocenters. The Kier molecular flexibility index (Phi) is 5.61. The van der Waals surface area contributed by atoms with E-state index in [1.54, 1.807) is 0 Å². The number of hydrogen-bond donors (Lipinski definition) is 1. The molecule has 4 rings (SSSR count). The number of fused-ring (bicyclic) bond motifs is 1. The molecule has 0 aliphatic carbocycles. The lowest BCUT2D eigenvalue weighted by atomic mass is 10.2. The molecule has 0 spiro atoms. The molecule has 1 unspecified atom stereocenters. The average Bonchev–Trinajstić information content (AvgIpc) is 2.77. The van der Waals surface area contributed by atoms with Gasteiger partial charge in [-0.2, -0.15) is 0 Å². The van der Waals surface area contributed by atoms with Crippen LogP contribution in [0.4, 0.5) is 0 Å². The quantitative estimate of drug-likeness (QED) is 0.463. The Morgan fingerprint density at radius 2 is 1.61 bits per heavy atom. The third-order valence-electron chi connectivity index (χ3n) is 4.43. The molecule has 1 heterocycles. The highest BCUT2D eigenvalue weighted by Gasteiger charge is 2.08. The molecule has 0 aliphatic heterocycles. The number of aliphatic hydroxyl groups excluding tert-OH is 1. The van der Waals surface area contributed by atoms with Crippen molar-refractivity contribution in [2.75, 3.05) is 0 Å². The van der Waals surface area contributed by atoms with Crippen molar-refractivity contribution in [1.82, 2.24) is 4.98 Å². The van der Waals surface area contributed by atoms with Gasteiger partial charge >= 0.3 is 0 Å². The number of aliphatic hydroxyl groups is 1. The van der Waals surface area contributed by atoms with Crippen molar-refractivity contribution in [3.05, 3.63) is 108 Å². The maximum absolute atomic E-state index is 10.1. The van der Waals surface area contributed by atoms with Crippen LogP contribution in [0.15, 0.2) is 91.0 Å². The van der Waals surface area contributed by atoms with E-state index in [1.807, 2.05) is 84.9 Å². The summed E-state index contributed by atoms with van der Waals surface area (Å²) in [4.78, 5) is 4.62. The summed E-state index contributed by atoms with van der Waals surface area (Å²) in [5.41, 5.74) is 3.50. The Bertz CT molecular complexity index is 1050. The van der Waals surface area contributed by atoms with Crippen LogP contribution in [-0.2, 0) is 18.0 Å². The van der Waals surface area contributed by atoms with Gasteiger partial charge in [-0.25, -0.2) is 4.98 Å². The standard InChI is InChI=1S/C24H21NO3/c26-24(20-9-2-1-3-10-20)28-16-18-7-6-11-22(15-18)27-17-21-14-13-19-8-4-5-12-23(19)25-21/h1-15,24,26H,16-17H2. The number of aromatic nitrogens is 1. The number of rotatable bonds is 7. The predicted octanol–water partition coefficient (Wildman–Crippen LogP) is 5.02. The molecule has 0 fully saturated rings. The lowest BCUT2D eigenvalue weighted by Gasteiger charge is -2.13. The lowest BCUT2D eigenvalue weighted by molar-refractivity contribution is -0.112. The Morgan fingerprint density at radius 1 is 0.786 bits per heavy atom. The largest absolute Gasteiger partial charge is 0.487 e. The maximum Gasteiger partial charge on any atom is 0.181 e. The second kappa shape index (κ2) is 8.65. The molecule has 4 aromatic rings. The smallest absolute Gasteiger partial charge is 0.181 e. The van der Waals surface area contributed by atoms with Gasteiger partial charge in [0.1, 0.15) is 12.4 Å². The van der Waals surface area contributed by atoms with Crippen LogP contribution in [0.25, 0.3) is 10.9 Å². The fourth-order valence-corrected chi connectivity index (χ4v) is 2.96. The first-order chi connectivity index (χ1) is 13.8. The molecular weight excluding hydrogens is 350 g/mol. The fraction of sp³-hybridized carbons (Fsp3) is 0.125. The SMILES string of the molecule is OC(OCc1cccc(OCc2ccc3ccccc3n2)c1)c1ccccc1. The molecule has 28 heavy (non-hydrogen) atoms.